The van der Waals surface area contributed by atoms with Crippen LogP contribution in [0.2, 0.25) is 0 Å². The molecule has 1 aromatic carbocycles. The smallest absolute Gasteiger partial charge is 0.274 e. The third-order valence-corrected chi connectivity index (χ3v) is 7.50. The number of benzene rings is 1. The molecule has 0 spiro atoms. The van der Waals surface area contributed by atoms with Crippen molar-refractivity contribution >= 4 is 22.7 Å². The Labute approximate surface area is 184 Å². The number of nitrogens with one attached hydrogen (secondary N) is 1. The molecular formula is C24H26F2N2O2S. The second-order valence-electron chi connectivity index (χ2n) is 8.81. The Morgan fingerprint density at radius 1 is 1.16 bits per heavy atom. The maximum Gasteiger partial charge on any atom is 0.274 e. The Morgan fingerprint density at radius 3 is 2.68 bits per heavy atom. The molecule has 2 aliphatic rings. The van der Waals surface area contributed by atoms with Crippen LogP contribution in [0, 0.1) is 5.92 Å². The van der Waals surface area contributed by atoms with Gasteiger partial charge in [-0.25, -0.2) is 8.78 Å². The van der Waals surface area contributed by atoms with Gasteiger partial charge in [-0.05, 0) is 55.9 Å². The second-order valence-corrected chi connectivity index (χ2v) is 9.90. The predicted octanol–water partition coefficient (Wildman–Crippen LogP) is 5.99. The highest BCUT2D eigenvalue weighted by Gasteiger charge is 2.36. The number of fused-ring (bicyclic) bond motifs is 1. The Hall–Kier alpha value is -2.28. The predicted molar refractivity (Wildman–Crippen MR) is 120 cm³/mol. The van der Waals surface area contributed by atoms with E-state index < -0.39 is 5.92 Å². The Kier molecular flexibility index (Phi) is 5.32. The van der Waals surface area contributed by atoms with Gasteiger partial charge in [-0.3, -0.25) is 4.79 Å². The van der Waals surface area contributed by atoms with E-state index in [0.29, 0.717) is 24.1 Å². The quantitative estimate of drug-likeness (QED) is 0.475. The molecule has 0 bridgehead atoms. The fraction of sp³-hybridized carbons (Fsp3) is 0.458. The van der Waals surface area contributed by atoms with E-state index in [-0.39, 0.29) is 24.5 Å². The number of ether oxygens (including phenoxy) is 1. The molecule has 2 aromatic heterocycles. The molecule has 0 unspecified atom stereocenters. The van der Waals surface area contributed by atoms with Gasteiger partial charge < -0.3 is 14.3 Å². The van der Waals surface area contributed by atoms with Gasteiger partial charge in [0, 0.05) is 59.4 Å². The lowest BCUT2D eigenvalue weighted by atomic mass is 9.94. The molecule has 2 saturated carbocycles. The van der Waals surface area contributed by atoms with Crippen molar-refractivity contribution in [1.82, 2.24) is 9.55 Å². The Morgan fingerprint density at radius 2 is 1.94 bits per heavy atom. The summed E-state index contributed by atoms with van der Waals surface area (Å²) in [6.07, 6.45) is 6.41. The largest absolute Gasteiger partial charge is 0.490 e. The van der Waals surface area contributed by atoms with Gasteiger partial charge in [0.2, 0.25) is 5.92 Å². The molecule has 3 aromatic rings. The average molecular weight is 445 g/mol. The third-order valence-electron chi connectivity index (χ3n) is 6.28. The maximum atomic E-state index is 13.6. The van der Waals surface area contributed by atoms with Crippen LogP contribution in [0.15, 0.2) is 46.3 Å². The minimum absolute atomic E-state index is 0.0833. The highest BCUT2D eigenvalue weighted by atomic mass is 32.2. The lowest BCUT2D eigenvalue weighted by Gasteiger charge is -2.29. The van der Waals surface area contributed by atoms with Crippen LogP contribution in [-0.4, -0.2) is 27.3 Å². The number of aromatic amines is 1. The first kappa shape index (κ1) is 20.6. The summed E-state index contributed by atoms with van der Waals surface area (Å²) >= 11 is 1.84. The third kappa shape index (κ3) is 4.38. The standard InChI is InChI=1S/C24H26F2N2O2S/c1-28-13-20(18-8-11-27-22(18)23(28)29)19-12-17(31-14-15-2-3-15)4-5-21(19)30-16-6-9-24(25,26)10-7-16/h4-5,8,11-13,15-16,27H,2-3,6-7,9-10,14H2,1H3. The van der Waals surface area contributed by atoms with Crippen molar-refractivity contribution in [3.05, 3.63) is 47.0 Å². The van der Waals surface area contributed by atoms with Crippen LogP contribution in [-0.2, 0) is 7.05 Å². The number of rotatable bonds is 6. The number of H-pyrrole nitrogens is 1. The van der Waals surface area contributed by atoms with Crippen molar-refractivity contribution in [3.8, 4) is 16.9 Å². The minimum atomic E-state index is -2.58. The number of aryl methyl sites for hydroxylation is 1. The zero-order valence-corrected chi connectivity index (χ0v) is 18.3. The molecule has 0 amide bonds. The molecule has 164 valence electrons. The van der Waals surface area contributed by atoms with Crippen molar-refractivity contribution in [3.63, 3.8) is 0 Å². The zero-order chi connectivity index (χ0) is 21.6. The molecule has 0 atom stereocenters. The molecule has 4 nitrogen and oxygen atoms in total. The molecule has 0 aliphatic heterocycles. The van der Waals surface area contributed by atoms with Crippen LogP contribution < -0.4 is 10.3 Å². The van der Waals surface area contributed by atoms with Gasteiger partial charge in [0.15, 0.2) is 0 Å². The van der Waals surface area contributed by atoms with Gasteiger partial charge in [-0.1, -0.05) is 0 Å². The SMILES string of the molecule is Cn1cc(-c2cc(SCC3CC3)ccc2OC2CCC(F)(F)CC2)c2cc[nH]c2c1=O. The molecule has 2 aliphatic carbocycles. The number of thioether (sulfide) groups is 1. The molecule has 1 N–H and O–H groups in total. The summed E-state index contributed by atoms with van der Waals surface area (Å²) in [6.45, 7) is 0. The first-order chi connectivity index (χ1) is 14.9. The zero-order valence-electron chi connectivity index (χ0n) is 17.5. The Bertz CT molecular complexity index is 1160. The van der Waals surface area contributed by atoms with Crippen LogP contribution in [0.25, 0.3) is 22.0 Å². The number of aromatic nitrogens is 2. The molecule has 0 saturated heterocycles. The summed E-state index contributed by atoms with van der Waals surface area (Å²) in [7, 11) is 1.74. The Balaban J connectivity index is 1.53. The molecule has 0 radical (unpaired) electrons. The van der Waals surface area contributed by atoms with Crippen molar-refractivity contribution in [2.45, 2.75) is 55.4 Å². The van der Waals surface area contributed by atoms with Gasteiger partial charge in [0.1, 0.15) is 11.3 Å². The first-order valence-corrected chi connectivity index (χ1v) is 11.9. The van der Waals surface area contributed by atoms with E-state index in [9.17, 15) is 13.6 Å². The highest BCUT2D eigenvalue weighted by molar-refractivity contribution is 7.99. The van der Waals surface area contributed by atoms with E-state index in [1.165, 1.54) is 12.8 Å². The van der Waals surface area contributed by atoms with E-state index in [2.05, 4.69) is 17.1 Å². The van der Waals surface area contributed by atoms with Crippen molar-refractivity contribution in [2.24, 2.45) is 13.0 Å². The van der Waals surface area contributed by atoms with Crippen LogP contribution in [0.5, 0.6) is 5.75 Å². The van der Waals surface area contributed by atoms with Gasteiger partial charge in [0.05, 0.1) is 6.10 Å². The number of alkyl halides is 2. The lowest BCUT2D eigenvalue weighted by Crippen LogP contribution is -2.30. The van der Waals surface area contributed by atoms with Crippen molar-refractivity contribution < 1.29 is 13.5 Å². The van der Waals surface area contributed by atoms with Crippen LogP contribution in [0.3, 0.4) is 0 Å². The van der Waals surface area contributed by atoms with Crippen molar-refractivity contribution in [1.29, 1.82) is 0 Å². The molecule has 2 fully saturated rings. The van der Waals surface area contributed by atoms with Crippen LogP contribution in [0.4, 0.5) is 8.78 Å². The van der Waals surface area contributed by atoms with Crippen LogP contribution in [0.1, 0.15) is 38.5 Å². The number of hydrogen-bond acceptors (Lipinski definition) is 3. The monoisotopic (exact) mass is 444 g/mol. The molecule has 2 heterocycles. The highest BCUT2D eigenvalue weighted by Crippen LogP contribution is 2.41. The van der Waals surface area contributed by atoms with Gasteiger partial charge in [0.25, 0.3) is 5.56 Å². The second kappa shape index (κ2) is 8.01. The number of hydrogen-bond donors (Lipinski definition) is 1. The summed E-state index contributed by atoms with van der Waals surface area (Å²) < 4.78 is 35.0. The minimum Gasteiger partial charge on any atom is -0.490 e. The topological polar surface area (TPSA) is 47.0 Å². The fourth-order valence-corrected chi connectivity index (χ4v) is 5.33. The first-order valence-electron chi connectivity index (χ1n) is 10.9. The van der Waals surface area contributed by atoms with Gasteiger partial charge >= 0.3 is 0 Å². The summed E-state index contributed by atoms with van der Waals surface area (Å²) in [6, 6.07) is 8.04. The molecular weight excluding hydrogens is 418 g/mol. The molecule has 5 rings (SSSR count). The van der Waals surface area contributed by atoms with E-state index in [1.54, 1.807) is 17.8 Å². The summed E-state index contributed by atoms with van der Waals surface area (Å²) in [5.41, 5.74) is 2.28. The fourth-order valence-electron chi connectivity index (χ4n) is 4.21. The normalized spacial score (nSPS) is 19.1. The van der Waals surface area contributed by atoms with Crippen LogP contribution >= 0.6 is 11.8 Å². The van der Waals surface area contributed by atoms with E-state index in [1.807, 2.05) is 30.1 Å². The van der Waals surface area contributed by atoms with E-state index in [4.69, 9.17) is 4.74 Å². The maximum absolute atomic E-state index is 13.6. The molecule has 31 heavy (non-hydrogen) atoms. The molecule has 7 heteroatoms. The van der Waals surface area contributed by atoms with Gasteiger partial charge in [-0.15, -0.1) is 11.8 Å². The van der Waals surface area contributed by atoms with E-state index >= 15 is 0 Å². The number of nitrogens with zero attached hydrogens (tertiary/aromatic N) is 1. The van der Waals surface area contributed by atoms with Crippen molar-refractivity contribution in [2.75, 3.05) is 5.75 Å². The lowest BCUT2D eigenvalue weighted by molar-refractivity contribution is -0.0581. The summed E-state index contributed by atoms with van der Waals surface area (Å²) in [5, 5.41) is 0.840. The summed E-state index contributed by atoms with van der Waals surface area (Å²) in [5.74, 6) is 0.0138. The summed E-state index contributed by atoms with van der Waals surface area (Å²) in [4.78, 5) is 16.7. The number of halogens is 2. The van der Waals surface area contributed by atoms with E-state index in [0.717, 1.165) is 33.1 Å². The number of pyridine rings is 1. The average Bonchev–Trinajstić information content (AvgIpc) is 3.45. The van der Waals surface area contributed by atoms with Gasteiger partial charge in [-0.2, -0.15) is 0 Å².